The van der Waals surface area contributed by atoms with Crippen molar-refractivity contribution in [2.24, 2.45) is 5.92 Å². The number of nitrogens with zero attached hydrogens (tertiary/aromatic N) is 2. The van der Waals surface area contributed by atoms with E-state index in [1.807, 2.05) is 0 Å². The second-order valence-corrected chi connectivity index (χ2v) is 8.41. The number of ether oxygens (including phenoxy) is 1. The van der Waals surface area contributed by atoms with Crippen molar-refractivity contribution >= 4 is 17.7 Å². The number of nitriles is 1. The van der Waals surface area contributed by atoms with Gasteiger partial charge in [0.25, 0.3) is 0 Å². The maximum Gasteiger partial charge on any atom is 0.573 e. The van der Waals surface area contributed by atoms with Gasteiger partial charge < -0.3 is 20.3 Å². The Balaban J connectivity index is 1.64. The second kappa shape index (κ2) is 9.68. The van der Waals surface area contributed by atoms with E-state index in [-0.39, 0.29) is 36.0 Å². The molecule has 1 atom stereocenters. The Morgan fingerprint density at radius 1 is 1.27 bits per heavy atom. The summed E-state index contributed by atoms with van der Waals surface area (Å²) in [5.74, 6) is -1.95. The molecule has 1 aliphatic carbocycles. The van der Waals surface area contributed by atoms with Gasteiger partial charge in [0.15, 0.2) is 0 Å². The quantitative estimate of drug-likeness (QED) is 0.669. The van der Waals surface area contributed by atoms with Crippen LogP contribution in [0.5, 0.6) is 5.75 Å². The molecule has 0 unspecified atom stereocenters. The third-order valence-corrected chi connectivity index (χ3v) is 5.99. The summed E-state index contributed by atoms with van der Waals surface area (Å²) in [5, 5.41) is 14.3. The van der Waals surface area contributed by atoms with Crippen LogP contribution >= 0.6 is 0 Å². The topological polar surface area (TPSA) is 112 Å². The SMILES string of the molecule is CC(=O)NC1(C(=O)N2CCC[C@@H](C(=O)NCc3ccc(C#N)cc3OC(F)(F)F)C2)CCC1. The molecule has 1 aromatic carbocycles. The highest BCUT2D eigenvalue weighted by molar-refractivity contribution is 5.92. The van der Waals surface area contributed by atoms with Gasteiger partial charge in [0.1, 0.15) is 11.3 Å². The highest BCUT2D eigenvalue weighted by Gasteiger charge is 2.48. The lowest BCUT2D eigenvalue weighted by molar-refractivity contribution is -0.274. The van der Waals surface area contributed by atoms with E-state index in [2.05, 4.69) is 15.4 Å². The zero-order valence-corrected chi connectivity index (χ0v) is 18.1. The zero-order chi connectivity index (χ0) is 24.2. The molecule has 0 spiro atoms. The van der Waals surface area contributed by atoms with Gasteiger partial charge in [-0.3, -0.25) is 14.4 Å². The molecule has 8 nitrogen and oxygen atoms in total. The normalized spacial score (nSPS) is 19.6. The van der Waals surface area contributed by atoms with Gasteiger partial charge in [-0.2, -0.15) is 5.26 Å². The largest absolute Gasteiger partial charge is 0.573 e. The van der Waals surface area contributed by atoms with Crippen LogP contribution in [0.2, 0.25) is 0 Å². The van der Waals surface area contributed by atoms with Gasteiger partial charge in [-0.15, -0.1) is 13.2 Å². The summed E-state index contributed by atoms with van der Waals surface area (Å²) in [6.07, 6.45) is -1.88. The van der Waals surface area contributed by atoms with Crippen LogP contribution in [-0.2, 0) is 20.9 Å². The lowest BCUT2D eigenvalue weighted by Crippen LogP contribution is -2.64. The first-order chi connectivity index (χ1) is 15.5. The summed E-state index contributed by atoms with van der Waals surface area (Å²) in [5.41, 5.74) is -0.839. The highest BCUT2D eigenvalue weighted by atomic mass is 19.4. The maximum absolute atomic E-state index is 13.1. The van der Waals surface area contributed by atoms with Gasteiger partial charge in [-0.05, 0) is 44.2 Å². The predicted octanol–water partition coefficient (Wildman–Crippen LogP) is 2.37. The van der Waals surface area contributed by atoms with Crippen LogP contribution in [0.4, 0.5) is 13.2 Å². The second-order valence-electron chi connectivity index (χ2n) is 8.41. The van der Waals surface area contributed by atoms with E-state index in [1.165, 1.54) is 19.1 Å². The van der Waals surface area contributed by atoms with Crippen molar-refractivity contribution in [1.82, 2.24) is 15.5 Å². The van der Waals surface area contributed by atoms with Crippen LogP contribution in [0.3, 0.4) is 0 Å². The number of amides is 3. The predicted molar refractivity (Wildman–Crippen MR) is 109 cm³/mol. The number of benzene rings is 1. The van der Waals surface area contributed by atoms with Crippen LogP contribution in [-0.4, -0.2) is 47.6 Å². The summed E-state index contributed by atoms with van der Waals surface area (Å²) in [6.45, 7) is 1.78. The van der Waals surface area contributed by atoms with E-state index in [0.717, 1.165) is 12.5 Å². The fourth-order valence-corrected chi connectivity index (χ4v) is 4.25. The number of carbonyl (C=O) groups excluding carboxylic acids is 3. The van der Waals surface area contributed by atoms with Crippen LogP contribution in [0.1, 0.15) is 50.2 Å². The molecular formula is C22H25F3N4O4. The van der Waals surface area contributed by atoms with Crippen molar-refractivity contribution in [2.75, 3.05) is 13.1 Å². The molecule has 1 aromatic rings. The Bertz CT molecular complexity index is 969. The van der Waals surface area contributed by atoms with Gasteiger partial charge in [0.2, 0.25) is 17.7 Å². The lowest BCUT2D eigenvalue weighted by Gasteiger charge is -2.45. The third-order valence-electron chi connectivity index (χ3n) is 5.99. The summed E-state index contributed by atoms with van der Waals surface area (Å²) < 4.78 is 42.2. The number of likely N-dealkylation sites (tertiary alicyclic amines) is 1. The third kappa shape index (κ3) is 5.94. The summed E-state index contributed by atoms with van der Waals surface area (Å²) in [7, 11) is 0. The zero-order valence-electron chi connectivity index (χ0n) is 18.1. The number of hydrogen-bond acceptors (Lipinski definition) is 5. The van der Waals surface area contributed by atoms with Crippen LogP contribution in [0.15, 0.2) is 18.2 Å². The van der Waals surface area contributed by atoms with E-state index in [9.17, 15) is 27.6 Å². The van der Waals surface area contributed by atoms with Crippen LogP contribution in [0, 0.1) is 17.2 Å². The number of nitrogens with one attached hydrogen (secondary N) is 2. The van der Waals surface area contributed by atoms with Crippen molar-refractivity contribution in [3.8, 4) is 11.8 Å². The van der Waals surface area contributed by atoms with Gasteiger partial charge in [0, 0.05) is 32.1 Å². The molecule has 3 amide bonds. The molecule has 1 heterocycles. The summed E-state index contributed by atoms with van der Waals surface area (Å²) in [4.78, 5) is 38.9. The minimum atomic E-state index is -4.94. The van der Waals surface area contributed by atoms with E-state index < -0.39 is 29.5 Å². The van der Waals surface area contributed by atoms with Crippen LogP contribution < -0.4 is 15.4 Å². The fourth-order valence-electron chi connectivity index (χ4n) is 4.25. The molecule has 2 N–H and O–H groups in total. The molecule has 1 saturated carbocycles. The van der Waals surface area contributed by atoms with Crippen molar-refractivity contribution in [2.45, 2.75) is 57.5 Å². The van der Waals surface area contributed by atoms with Crippen molar-refractivity contribution in [3.05, 3.63) is 29.3 Å². The Hall–Kier alpha value is -3.29. The monoisotopic (exact) mass is 466 g/mol. The number of hydrogen-bond donors (Lipinski definition) is 2. The van der Waals surface area contributed by atoms with E-state index in [1.54, 1.807) is 11.0 Å². The molecule has 1 aliphatic heterocycles. The Morgan fingerprint density at radius 2 is 2.00 bits per heavy atom. The van der Waals surface area contributed by atoms with Crippen molar-refractivity contribution in [3.63, 3.8) is 0 Å². The maximum atomic E-state index is 13.1. The summed E-state index contributed by atoms with van der Waals surface area (Å²) >= 11 is 0. The number of alkyl halides is 3. The fraction of sp³-hybridized carbons (Fsp3) is 0.545. The number of piperidine rings is 1. The van der Waals surface area contributed by atoms with Gasteiger partial charge in [-0.1, -0.05) is 6.07 Å². The minimum Gasteiger partial charge on any atom is -0.405 e. The average molecular weight is 466 g/mol. The average Bonchev–Trinajstić information content (AvgIpc) is 2.73. The molecule has 2 fully saturated rings. The smallest absolute Gasteiger partial charge is 0.405 e. The van der Waals surface area contributed by atoms with Gasteiger partial charge >= 0.3 is 6.36 Å². The van der Waals surface area contributed by atoms with E-state index >= 15 is 0 Å². The first-order valence-corrected chi connectivity index (χ1v) is 10.7. The highest BCUT2D eigenvalue weighted by Crippen LogP contribution is 2.35. The first-order valence-electron chi connectivity index (χ1n) is 10.7. The van der Waals surface area contributed by atoms with E-state index in [0.29, 0.717) is 32.2 Å². The molecule has 0 radical (unpaired) electrons. The molecule has 1 saturated heterocycles. The van der Waals surface area contributed by atoms with Gasteiger partial charge in [0.05, 0.1) is 17.6 Å². The lowest BCUT2D eigenvalue weighted by atomic mass is 9.75. The molecule has 33 heavy (non-hydrogen) atoms. The number of halogens is 3. The first kappa shape index (κ1) is 24.4. The summed E-state index contributed by atoms with van der Waals surface area (Å²) in [6, 6.07) is 5.35. The molecule has 2 aliphatic rings. The Kier molecular flexibility index (Phi) is 7.15. The molecule has 178 valence electrons. The minimum absolute atomic E-state index is 0.00476. The molecule has 0 aromatic heterocycles. The van der Waals surface area contributed by atoms with E-state index in [4.69, 9.17) is 5.26 Å². The Morgan fingerprint density at radius 3 is 2.58 bits per heavy atom. The standard InChI is InChI=1S/C22H25F3N4O4/c1-14(30)28-21(7-3-8-21)20(32)29-9-2-4-17(13-29)19(31)27-12-16-6-5-15(11-26)10-18(16)33-22(23,24)25/h5-6,10,17H,2-4,7-9,12-13H2,1H3,(H,27,31)(H,28,30)/t17-/m1/s1. The molecular weight excluding hydrogens is 441 g/mol. The number of carbonyl (C=O) groups is 3. The van der Waals surface area contributed by atoms with Crippen LogP contribution in [0.25, 0.3) is 0 Å². The molecule has 0 bridgehead atoms. The Labute approximate surface area is 189 Å². The van der Waals surface area contributed by atoms with Crippen molar-refractivity contribution < 1.29 is 32.3 Å². The molecule has 11 heteroatoms. The number of rotatable bonds is 6. The molecule has 3 rings (SSSR count). The van der Waals surface area contributed by atoms with Crippen molar-refractivity contribution in [1.29, 1.82) is 5.26 Å². The van der Waals surface area contributed by atoms with Gasteiger partial charge in [-0.25, -0.2) is 0 Å².